The fourth-order valence-corrected chi connectivity index (χ4v) is 2.15. The van der Waals surface area contributed by atoms with E-state index < -0.39 is 11.7 Å². The second-order valence-corrected chi connectivity index (χ2v) is 6.04. The highest BCUT2D eigenvalue weighted by atomic mass is 16.6. The van der Waals surface area contributed by atoms with Crippen molar-refractivity contribution in [3.8, 4) is 11.8 Å². The van der Waals surface area contributed by atoms with Crippen molar-refractivity contribution in [3.05, 3.63) is 41.6 Å². The van der Waals surface area contributed by atoms with Crippen LogP contribution in [0.4, 0.5) is 10.6 Å². The molecule has 2 aromatic rings. The first kappa shape index (κ1) is 16.6. The molecule has 120 valence electrons. The maximum Gasteiger partial charge on any atom is 0.413 e. The van der Waals surface area contributed by atoms with Crippen molar-refractivity contribution in [1.82, 2.24) is 9.78 Å². The third kappa shape index (κ3) is 3.89. The second kappa shape index (κ2) is 6.53. The minimum Gasteiger partial charge on any atom is -0.444 e. The predicted molar refractivity (Wildman–Crippen MR) is 87.5 cm³/mol. The van der Waals surface area contributed by atoms with Gasteiger partial charge in [-0.3, -0.25) is 5.32 Å². The van der Waals surface area contributed by atoms with Gasteiger partial charge in [-0.25, -0.2) is 9.48 Å². The molecule has 0 aliphatic carbocycles. The molecular formula is C17H20N4O2. The van der Waals surface area contributed by atoms with Gasteiger partial charge < -0.3 is 4.74 Å². The molecular weight excluding hydrogens is 292 g/mol. The maximum atomic E-state index is 12.0. The van der Waals surface area contributed by atoms with Gasteiger partial charge in [0.05, 0.1) is 11.9 Å². The lowest BCUT2D eigenvalue weighted by Crippen LogP contribution is -2.28. The van der Waals surface area contributed by atoms with Crippen molar-refractivity contribution in [1.29, 1.82) is 5.26 Å². The topological polar surface area (TPSA) is 79.9 Å². The van der Waals surface area contributed by atoms with E-state index in [0.717, 1.165) is 17.7 Å². The summed E-state index contributed by atoms with van der Waals surface area (Å²) in [7, 11) is 0. The molecule has 0 aliphatic heterocycles. The lowest BCUT2D eigenvalue weighted by Gasteiger charge is -2.20. The Balaban J connectivity index is 2.42. The van der Waals surface area contributed by atoms with Gasteiger partial charge in [-0.05, 0) is 38.8 Å². The quantitative estimate of drug-likeness (QED) is 0.938. The molecule has 0 saturated heterocycles. The van der Waals surface area contributed by atoms with Crippen LogP contribution in [0.15, 0.2) is 30.5 Å². The van der Waals surface area contributed by atoms with Crippen molar-refractivity contribution < 1.29 is 9.53 Å². The molecule has 1 aromatic carbocycles. The molecule has 0 fully saturated rings. The van der Waals surface area contributed by atoms with Crippen LogP contribution in [0.2, 0.25) is 0 Å². The standard InChI is InChI=1S/C17H20N4O2/c1-5-12-8-6-7-9-14(12)21-15(13(10-18)11-19-21)20-16(22)23-17(2,3)4/h6-9,11H,5H2,1-4H3,(H,20,22). The van der Waals surface area contributed by atoms with E-state index in [2.05, 4.69) is 10.4 Å². The number of para-hydroxylation sites is 1. The number of nitriles is 1. The number of benzene rings is 1. The second-order valence-electron chi connectivity index (χ2n) is 6.04. The molecule has 1 N–H and O–H groups in total. The van der Waals surface area contributed by atoms with Crippen LogP contribution in [0.3, 0.4) is 0 Å². The first-order valence-corrected chi connectivity index (χ1v) is 7.42. The Labute approximate surface area is 135 Å². The fourth-order valence-electron chi connectivity index (χ4n) is 2.15. The number of anilines is 1. The molecule has 1 aromatic heterocycles. The predicted octanol–water partition coefficient (Wildman–Crippen LogP) is 3.65. The van der Waals surface area contributed by atoms with Crippen LogP contribution in [0.1, 0.15) is 38.8 Å². The molecule has 2 rings (SSSR count). The van der Waals surface area contributed by atoms with Gasteiger partial charge in [0.25, 0.3) is 0 Å². The van der Waals surface area contributed by atoms with E-state index in [1.807, 2.05) is 37.3 Å². The third-order valence-electron chi connectivity index (χ3n) is 3.11. The molecule has 0 spiro atoms. The molecule has 0 unspecified atom stereocenters. The third-order valence-corrected chi connectivity index (χ3v) is 3.11. The number of aryl methyl sites for hydroxylation is 1. The van der Waals surface area contributed by atoms with Crippen molar-refractivity contribution >= 4 is 11.9 Å². The van der Waals surface area contributed by atoms with Crippen LogP contribution in [0.5, 0.6) is 0 Å². The highest BCUT2D eigenvalue weighted by Gasteiger charge is 2.21. The van der Waals surface area contributed by atoms with E-state index in [9.17, 15) is 10.1 Å². The summed E-state index contributed by atoms with van der Waals surface area (Å²) in [6, 6.07) is 9.75. The molecule has 23 heavy (non-hydrogen) atoms. The summed E-state index contributed by atoms with van der Waals surface area (Å²) in [6.45, 7) is 7.37. The lowest BCUT2D eigenvalue weighted by molar-refractivity contribution is 0.0635. The molecule has 6 nitrogen and oxygen atoms in total. The summed E-state index contributed by atoms with van der Waals surface area (Å²) in [5, 5.41) is 16.1. The number of aromatic nitrogens is 2. The Bertz CT molecular complexity index is 751. The maximum absolute atomic E-state index is 12.0. The monoisotopic (exact) mass is 312 g/mol. The van der Waals surface area contributed by atoms with Crippen molar-refractivity contribution in [2.45, 2.75) is 39.7 Å². The van der Waals surface area contributed by atoms with Crippen LogP contribution >= 0.6 is 0 Å². The number of nitrogens with zero attached hydrogens (tertiary/aromatic N) is 3. The molecule has 1 heterocycles. The Kier molecular flexibility index (Phi) is 4.70. The minimum atomic E-state index is -0.622. The Morgan fingerprint density at radius 1 is 1.39 bits per heavy atom. The summed E-state index contributed by atoms with van der Waals surface area (Å²) in [6.07, 6.45) is 1.62. The summed E-state index contributed by atoms with van der Waals surface area (Å²) < 4.78 is 6.81. The molecule has 0 aliphatic rings. The van der Waals surface area contributed by atoms with Gasteiger partial charge in [0.15, 0.2) is 5.82 Å². The summed E-state index contributed by atoms with van der Waals surface area (Å²) in [4.78, 5) is 12.0. The number of rotatable bonds is 3. The number of carbonyl (C=O) groups is 1. The summed E-state index contributed by atoms with van der Waals surface area (Å²) >= 11 is 0. The van der Waals surface area contributed by atoms with Crippen molar-refractivity contribution in [2.24, 2.45) is 0 Å². The minimum absolute atomic E-state index is 0.279. The normalized spacial score (nSPS) is 10.9. The zero-order valence-electron chi connectivity index (χ0n) is 13.8. The summed E-state index contributed by atoms with van der Waals surface area (Å²) in [5.41, 5.74) is 1.54. The van der Waals surface area contributed by atoms with Crippen LogP contribution in [-0.2, 0) is 11.2 Å². The highest BCUT2D eigenvalue weighted by molar-refractivity contribution is 5.86. The van der Waals surface area contributed by atoms with E-state index >= 15 is 0 Å². The van der Waals surface area contributed by atoms with Crippen LogP contribution in [0, 0.1) is 11.3 Å². The van der Waals surface area contributed by atoms with Crippen LogP contribution in [-0.4, -0.2) is 21.5 Å². The number of ether oxygens (including phenoxy) is 1. The first-order valence-electron chi connectivity index (χ1n) is 7.42. The zero-order valence-corrected chi connectivity index (χ0v) is 13.8. The van der Waals surface area contributed by atoms with Crippen molar-refractivity contribution in [3.63, 3.8) is 0 Å². The zero-order chi connectivity index (χ0) is 17.0. The molecule has 6 heteroatoms. The van der Waals surface area contributed by atoms with Gasteiger partial charge in [-0.15, -0.1) is 0 Å². The molecule has 0 saturated carbocycles. The summed E-state index contributed by atoms with van der Waals surface area (Å²) in [5.74, 6) is 0.308. The number of hydrogen-bond donors (Lipinski definition) is 1. The van der Waals surface area contributed by atoms with E-state index in [1.54, 1.807) is 25.5 Å². The number of nitrogens with one attached hydrogen (secondary N) is 1. The van der Waals surface area contributed by atoms with Gasteiger partial charge >= 0.3 is 6.09 Å². The number of hydrogen-bond acceptors (Lipinski definition) is 4. The van der Waals surface area contributed by atoms with Gasteiger partial charge in [-0.2, -0.15) is 10.4 Å². The van der Waals surface area contributed by atoms with E-state index in [0.29, 0.717) is 5.82 Å². The first-order chi connectivity index (χ1) is 10.9. The lowest BCUT2D eigenvalue weighted by atomic mass is 10.1. The largest absolute Gasteiger partial charge is 0.444 e. The number of carbonyl (C=O) groups excluding carboxylic acids is 1. The van der Waals surface area contributed by atoms with Crippen LogP contribution < -0.4 is 5.32 Å². The smallest absolute Gasteiger partial charge is 0.413 e. The van der Waals surface area contributed by atoms with Gasteiger partial charge in [0.2, 0.25) is 0 Å². The average Bonchev–Trinajstić information content (AvgIpc) is 2.87. The average molecular weight is 312 g/mol. The van der Waals surface area contributed by atoms with Crippen LogP contribution in [0.25, 0.3) is 5.69 Å². The number of amides is 1. The molecule has 0 radical (unpaired) electrons. The Morgan fingerprint density at radius 2 is 2.09 bits per heavy atom. The molecule has 0 bridgehead atoms. The Morgan fingerprint density at radius 3 is 2.70 bits per heavy atom. The Hall–Kier alpha value is -2.81. The van der Waals surface area contributed by atoms with Gasteiger partial charge in [-0.1, -0.05) is 25.1 Å². The van der Waals surface area contributed by atoms with Gasteiger partial charge in [0.1, 0.15) is 17.2 Å². The molecule has 0 atom stereocenters. The highest BCUT2D eigenvalue weighted by Crippen LogP contribution is 2.23. The SMILES string of the molecule is CCc1ccccc1-n1ncc(C#N)c1NC(=O)OC(C)(C)C. The van der Waals surface area contributed by atoms with Crippen molar-refractivity contribution in [2.75, 3.05) is 5.32 Å². The fraction of sp³-hybridized carbons (Fsp3) is 0.353. The van der Waals surface area contributed by atoms with Gasteiger partial charge in [0, 0.05) is 0 Å². The van der Waals surface area contributed by atoms with E-state index in [1.165, 1.54) is 6.20 Å². The molecule has 1 amide bonds. The van der Waals surface area contributed by atoms with E-state index in [-0.39, 0.29) is 5.56 Å². The van der Waals surface area contributed by atoms with E-state index in [4.69, 9.17) is 4.74 Å².